The average Bonchev–Trinajstić information content (AvgIpc) is 3.30. The molecule has 0 aliphatic carbocycles. The summed E-state index contributed by atoms with van der Waals surface area (Å²) in [6.07, 6.45) is 0.290. The van der Waals surface area contributed by atoms with Crippen molar-refractivity contribution in [2.24, 2.45) is 0 Å². The zero-order valence-corrected chi connectivity index (χ0v) is 21.4. The van der Waals surface area contributed by atoms with E-state index in [-0.39, 0.29) is 11.4 Å². The summed E-state index contributed by atoms with van der Waals surface area (Å²) >= 11 is 16.7. The van der Waals surface area contributed by atoms with Crippen LogP contribution in [0.1, 0.15) is 15.9 Å². The van der Waals surface area contributed by atoms with Crippen molar-refractivity contribution < 1.29 is 9.59 Å². The number of anilines is 1. The Hall–Kier alpha value is -2.78. The molecule has 0 unspecified atom stereocenters. The van der Waals surface area contributed by atoms with E-state index < -0.39 is 17.9 Å². The molecule has 0 radical (unpaired) electrons. The van der Waals surface area contributed by atoms with Gasteiger partial charge in [-0.05, 0) is 35.9 Å². The SMILES string of the molecule is O=C(N[C@H](Cc1ccccc1)C(=O)Nc1nnc(-c2ccc(Br)cc2)s1)c1ccc(Cl)c(Cl)c1. The fourth-order valence-electron chi connectivity index (χ4n) is 3.11. The Morgan fingerprint density at radius 2 is 1.68 bits per heavy atom. The number of nitrogens with one attached hydrogen (secondary N) is 2. The van der Waals surface area contributed by atoms with Gasteiger partial charge in [0.25, 0.3) is 5.91 Å². The molecule has 4 rings (SSSR count). The maximum Gasteiger partial charge on any atom is 0.251 e. The first-order chi connectivity index (χ1) is 16.4. The van der Waals surface area contributed by atoms with E-state index in [9.17, 15) is 9.59 Å². The van der Waals surface area contributed by atoms with Crippen LogP contribution in [0, 0.1) is 0 Å². The topological polar surface area (TPSA) is 84.0 Å². The van der Waals surface area contributed by atoms with Gasteiger partial charge in [0.05, 0.1) is 10.0 Å². The normalized spacial score (nSPS) is 11.6. The van der Waals surface area contributed by atoms with Crippen molar-refractivity contribution in [3.8, 4) is 10.6 Å². The van der Waals surface area contributed by atoms with Gasteiger partial charge in [-0.2, -0.15) is 0 Å². The number of carbonyl (C=O) groups excluding carboxylic acids is 2. The molecule has 0 saturated carbocycles. The quantitative estimate of drug-likeness (QED) is 0.273. The number of hydrogen-bond donors (Lipinski definition) is 2. The Balaban J connectivity index is 1.52. The zero-order valence-electron chi connectivity index (χ0n) is 17.5. The highest BCUT2D eigenvalue weighted by molar-refractivity contribution is 9.10. The van der Waals surface area contributed by atoms with E-state index in [1.54, 1.807) is 6.07 Å². The Labute approximate surface area is 218 Å². The van der Waals surface area contributed by atoms with Crippen LogP contribution in [0.4, 0.5) is 5.13 Å². The highest BCUT2D eigenvalue weighted by Crippen LogP contribution is 2.27. The Kier molecular flexibility index (Phi) is 7.95. The number of halogens is 3. The number of benzene rings is 3. The van der Waals surface area contributed by atoms with Crippen LogP contribution in [0.3, 0.4) is 0 Å². The molecule has 0 aliphatic heterocycles. The maximum atomic E-state index is 13.2. The number of rotatable bonds is 7. The van der Waals surface area contributed by atoms with Gasteiger partial charge in [0.1, 0.15) is 11.0 Å². The monoisotopic (exact) mass is 574 g/mol. The van der Waals surface area contributed by atoms with Crippen molar-refractivity contribution in [3.05, 3.63) is 98.4 Å². The minimum absolute atomic E-state index is 0.257. The fraction of sp³-hybridized carbons (Fsp3) is 0.0833. The summed E-state index contributed by atoms with van der Waals surface area (Å²) in [6, 6.07) is 20.7. The van der Waals surface area contributed by atoms with Gasteiger partial charge in [0.2, 0.25) is 11.0 Å². The van der Waals surface area contributed by atoms with E-state index >= 15 is 0 Å². The lowest BCUT2D eigenvalue weighted by Crippen LogP contribution is -2.45. The van der Waals surface area contributed by atoms with Crippen molar-refractivity contribution in [1.82, 2.24) is 15.5 Å². The van der Waals surface area contributed by atoms with E-state index in [0.29, 0.717) is 20.7 Å². The van der Waals surface area contributed by atoms with Crippen LogP contribution >= 0.6 is 50.5 Å². The van der Waals surface area contributed by atoms with Gasteiger partial charge in [0, 0.05) is 22.0 Å². The number of aromatic nitrogens is 2. The third-order valence-corrected chi connectivity index (χ3v) is 6.99. The number of nitrogens with zero attached hydrogens (tertiary/aromatic N) is 2. The molecule has 3 aromatic carbocycles. The molecular formula is C24H17BrCl2N4O2S. The summed E-state index contributed by atoms with van der Waals surface area (Å²) in [4.78, 5) is 26.0. The molecule has 1 aromatic heterocycles. The maximum absolute atomic E-state index is 13.2. The molecule has 34 heavy (non-hydrogen) atoms. The average molecular weight is 576 g/mol. The van der Waals surface area contributed by atoms with Gasteiger partial charge in [-0.25, -0.2) is 0 Å². The van der Waals surface area contributed by atoms with Gasteiger partial charge in [-0.15, -0.1) is 10.2 Å². The lowest BCUT2D eigenvalue weighted by molar-refractivity contribution is -0.118. The number of carbonyl (C=O) groups is 2. The molecule has 6 nitrogen and oxygen atoms in total. The molecule has 172 valence electrons. The molecule has 0 bridgehead atoms. The Morgan fingerprint density at radius 3 is 2.38 bits per heavy atom. The molecule has 0 saturated heterocycles. The van der Waals surface area contributed by atoms with Crippen molar-refractivity contribution in [2.75, 3.05) is 5.32 Å². The third kappa shape index (κ3) is 6.21. The van der Waals surface area contributed by atoms with E-state index in [0.717, 1.165) is 15.6 Å². The van der Waals surface area contributed by atoms with E-state index in [4.69, 9.17) is 23.2 Å². The van der Waals surface area contributed by atoms with Crippen molar-refractivity contribution >= 4 is 67.4 Å². The van der Waals surface area contributed by atoms with Crippen LogP contribution in [0.25, 0.3) is 10.6 Å². The summed E-state index contributed by atoms with van der Waals surface area (Å²) in [7, 11) is 0. The molecular weight excluding hydrogens is 559 g/mol. The summed E-state index contributed by atoms with van der Waals surface area (Å²) in [5.41, 5.74) is 2.08. The molecule has 1 heterocycles. The minimum atomic E-state index is -0.857. The van der Waals surface area contributed by atoms with Crippen LogP contribution in [-0.2, 0) is 11.2 Å². The molecule has 0 fully saturated rings. The molecule has 1 atom stereocenters. The van der Waals surface area contributed by atoms with Crippen LogP contribution < -0.4 is 10.6 Å². The summed E-state index contributed by atoms with van der Waals surface area (Å²) in [5, 5.41) is 15.4. The predicted octanol–water partition coefficient (Wildman–Crippen LogP) is 6.25. The smallest absolute Gasteiger partial charge is 0.251 e. The van der Waals surface area contributed by atoms with Crippen molar-refractivity contribution in [1.29, 1.82) is 0 Å². The van der Waals surface area contributed by atoms with Crippen molar-refractivity contribution in [3.63, 3.8) is 0 Å². The minimum Gasteiger partial charge on any atom is -0.340 e. The first kappa shape index (κ1) is 24.3. The first-order valence-corrected chi connectivity index (χ1v) is 12.5. The van der Waals surface area contributed by atoms with Gasteiger partial charge < -0.3 is 5.32 Å². The van der Waals surface area contributed by atoms with Gasteiger partial charge in [-0.1, -0.05) is 92.9 Å². The fourth-order valence-corrected chi connectivity index (χ4v) is 4.43. The Morgan fingerprint density at radius 1 is 0.941 bits per heavy atom. The highest BCUT2D eigenvalue weighted by Gasteiger charge is 2.24. The van der Waals surface area contributed by atoms with Crippen molar-refractivity contribution in [2.45, 2.75) is 12.5 Å². The lowest BCUT2D eigenvalue weighted by Gasteiger charge is -2.18. The van der Waals surface area contributed by atoms with Crippen LogP contribution in [-0.4, -0.2) is 28.1 Å². The molecule has 0 spiro atoms. The summed E-state index contributed by atoms with van der Waals surface area (Å²) in [5.74, 6) is -0.849. The molecule has 4 aromatic rings. The molecule has 10 heteroatoms. The van der Waals surface area contributed by atoms with Crippen LogP contribution in [0.5, 0.6) is 0 Å². The van der Waals surface area contributed by atoms with Gasteiger partial charge in [-0.3, -0.25) is 14.9 Å². The van der Waals surface area contributed by atoms with E-state index in [1.165, 1.54) is 23.5 Å². The largest absolute Gasteiger partial charge is 0.340 e. The van der Waals surface area contributed by atoms with Gasteiger partial charge in [0.15, 0.2) is 0 Å². The predicted molar refractivity (Wildman–Crippen MR) is 140 cm³/mol. The summed E-state index contributed by atoms with van der Waals surface area (Å²) < 4.78 is 0.954. The molecule has 2 N–H and O–H groups in total. The van der Waals surface area contributed by atoms with Crippen LogP contribution in [0.2, 0.25) is 10.0 Å². The Bertz CT molecular complexity index is 1320. The first-order valence-electron chi connectivity index (χ1n) is 10.1. The van der Waals surface area contributed by atoms with E-state index in [1.807, 2.05) is 54.6 Å². The van der Waals surface area contributed by atoms with E-state index in [2.05, 4.69) is 36.8 Å². The standard InChI is InChI=1S/C24H17BrCl2N4O2S/c25-17-9-6-15(7-10-17)23-30-31-24(34-23)29-22(33)20(12-14-4-2-1-3-5-14)28-21(32)16-8-11-18(26)19(27)13-16/h1-11,13,20H,12H2,(H,28,32)(H,29,31,33)/t20-/m1/s1. The highest BCUT2D eigenvalue weighted by atomic mass is 79.9. The molecule has 2 amide bonds. The second-order valence-corrected chi connectivity index (χ2v) is 9.96. The number of amides is 2. The summed E-state index contributed by atoms with van der Waals surface area (Å²) in [6.45, 7) is 0. The lowest BCUT2D eigenvalue weighted by atomic mass is 10.0. The number of hydrogen-bond acceptors (Lipinski definition) is 5. The zero-order chi connectivity index (χ0) is 24.1. The second kappa shape index (κ2) is 11.1. The van der Waals surface area contributed by atoms with Crippen LogP contribution in [0.15, 0.2) is 77.3 Å². The van der Waals surface area contributed by atoms with Gasteiger partial charge >= 0.3 is 0 Å². The third-order valence-electron chi connectivity index (χ3n) is 4.83. The second-order valence-electron chi connectivity index (χ2n) is 7.25. The molecule has 0 aliphatic rings.